The monoisotopic (exact) mass is 290 g/mol. The maximum Gasteiger partial charge on any atom is 0.265 e. The zero-order chi connectivity index (χ0) is 14.5. The van der Waals surface area contributed by atoms with Gasteiger partial charge in [0.25, 0.3) is 5.91 Å². The molecule has 1 heterocycles. The van der Waals surface area contributed by atoms with Crippen molar-refractivity contribution < 1.29 is 9.53 Å². The van der Waals surface area contributed by atoms with E-state index in [4.69, 9.17) is 16.3 Å². The highest BCUT2D eigenvalue weighted by atomic mass is 32.2. The van der Waals surface area contributed by atoms with Crippen LogP contribution in [0.15, 0.2) is 41.4 Å². The summed E-state index contributed by atoms with van der Waals surface area (Å²) in [4.78, 5) is 15.6. The summed E-state index contributed by atoms with van der Waals surface area (Å²) in [5, 5.41) is 0.777. The standard InChI is InChI=1S/C13H14N4O2S/c1-20-12-7-9(14)6-11(16-12)19-10-4-2-8(3-5-10)13(18)17-15/h2-7H,15H2,1H3,(H2,14,16)(H,17,18). The second kappa shape index (κ2) is 6.27. The Balaban J connectivity index is 2.17. The zero-order valence-corrected chi connectivity index (χ0v) is 11.6. The SMILES string of the molecule is CSc1cc(N)cc(Oc2ccc(C(=O)NN)cc2)n1. The number of hydrogen-bond acceptors (Lipinski definition) is 6. The molecular weight excluding hydrogens is 276 g/mol. The maximum atomic E-state index is 11.3. The van der Waals surface area contributed by atoms with E-state index in [9.17, 15) is 4.79 Å². The zero-order valence-electron chi connectivity index (χ0n) is 10.8. The van der Waals surface area contributed by atoms with Crippen LogP contribution >= 0.6 is 11.8 Å². The summed E-state index contributed by atoms with van der Waals surface area (Å²) >= 11 is 1.48. The molecule has 0 saturated carbocycles. The molecule has 1 amide bonds. The maximum absolute atomic E-state index is 11.3. The molecule has 1 aromatic carbocycles. The van der Waals surface area contributed by atoms with Crippen molar-refractivity contribution in [3.63, 3.8) is 0 Å². The van der Waals surface area contributed by atoms with Crippen LogP contribution < -0.4 is 21.7 Å². The Morgan fingerprint density at radius 2 is 2.00 bits per heavy atom. The van der Waals surface area contributed by atoms with Crippen LogP contribution in [0.25, 0.3) is 0 Å². The molecule has 0 spiro atoms. The number of carbonyl (C=O) groups is 1. The predicted molar refractivity (Wildman–Crippen MR) is 78.6 cm³/mol. The van der Waals surface area contributed by atoms with E-state index in [0.717, 1.165) is 5.03 Å². The number of nitrogens with zero attached hydrogens (tertiary/aromatic N) is 1. The van der Waals surface area contributed by atoms with Crippen molar-refractivity contribution in [1.82, 2.24) is 10.4 Å². The van der Waals surface area contributed by atoms with Crippen molar-refractivity contribution in [1.29, 1.82) is 0 Å². The molecule has 7 heteroatoms. The lowest BCUT2D eigenvalue weighted by Gasteiger charge is -2.07. The van der Waals surface area contributed by atoms with Gasteiger partial charge >= 0.3 is 0 Å². The Morgan fingerprint density at radius 3 is 2.60 bits per heavy atom. The lowest BCUT2D eigenvalue weighted by molar-refractivity contribution is 0.0953. The average Bonchev–Trinajstić information content (AvgIpc) is 2.46. The Bertz CT molecular complexity index is 616. The van der Waals surface area contributed by atoms with E-state index in [1.165, 1.54) is 11.8 Å². The molecule has 2 rings (SSSR count). The molecule has 0 aliphatic carbocycles. The summed E-state index contributed by atoms with van der Waals surface area (Å²) in [6, 6.07) is 9.95. The number of pyridine rings is 1. The third-order valence-corrected chi connectivity index (χ3v) is 3.11. The summed E-state index contributed by atoms with van der Waals surface area (Å²) in [5.74, 6) is 5.67. The third-order valence-electron chi connectivity index (χ3n) is 2.48. The van der Waals surface area contributed by atoms with Gasteiger partial charge in [-0.1, -0.05) is 0 Å². The van der Waals surface area contributed by atoms with E-state index in [-0.39, 0.29) is 5.91 Å². The first-order valence-corrected chi connectivity index (χ1v) is 6.95. The van der Waals surface area contributed by atoms with Gasteiger partial charge in [0.15, 0.2) is 0 Å². The number of anilines is 1. The molecule has 1 aromatic heterocycles. The van der Waals surface area contributed by atoms with Crippen molar-refractivity contribution in [3.05, 3.63) is 42.0 Å². The van der Waals surface area contributed by atoms with Gasteiger partial charge in [-0.05, 0) is 36.6 Å². The normalized spacial score (nSPS) is 10.1. The van der Waals surface area contributed by atoms with Crippen LogP contribution in [0.3, 0.4) is 0 Å². The van der Waals surface area contributed by atoms with Crippen LogP contribution in [0, 0.1) is 0 Å². The highest BCUT2D eigenvalue weighted by Gasteiger charge is 2.06. The smallest absolute Gasteiger partial charge is 0.265 e. The Labute approximate surface area is 120 Å². The number of nitrogens with two attached hydrogens (primary N) is 2. The number of amides is 1. The third kappa shape index (κ3) is 3.40. The predicted octanol–water partition coefficient (Wildman–Crippen LogP) is 1.78. The lowest BCUT2D eigenvalue weighted by atomic mass is 10.2. The van der Waals surface area contributed by atoms with Gasteiger partial charge in [-0.25, -0.2) is 10.8 Å². The van der Waals surface area contributed by atoms with Crippen molar-refractivity contribution in [2.45, 2.75) is 5.03 Å². The molecule has 0 atom stereocenters. The van der Waals surface area contributed by atoms with E-state index in [0.29, 0.717) is 22.9 Å². The van der Waals surface area contributed by atoms with Crippen molar-refractivity contribution in [2.75, 3.05) is 12.0 Å². The second-order valence-electron chi connectivity index (χ2n) is 3.88. The minimum atomic E-state index is -0.358. The topological polar surface area (TPSA) is 103 Å². The molecule has 0 fully saturated rings. The fraction of sp³-hybridized carbons (Fsp3) is 0.0769. The Hall–Kier alpha value is -2.25. The first-order valence-electron chi connectivity index (χ1n) is 5.73. The van der Waals surface area contributed by atoms with E-state index in [1.807, 2.05) is 6.26 Å². The Morgan fingerprint density at radius 1 is 1.30 bits per heavy atom. The first-order chi connectivity index (χ1) is 9.62. The molecule has 20 heavy (non-hydrogen) atoms. The van der Waals surface area contributed by atoms with Crippen LogP contribution in [0.2, 0.25) is 0 Å². The summed E-state index contributed by atoms with van der Waals surface area (Å²) in [7, 11) is 0. The van der Waals surface area contributed by atoms with Crippen molar-refractivity contribution >= 4 is 23.4 Å². The number of carbonyl (C=O) groups excluding carboxylic acids is 1. The number of benzene rings is 1. The van der Waals surface area contributed by atoms with Gasteiger partial charge in [0.2, 0.25) is 5.88 Å². The summed E-state index contributed by atoms with van der Waals surface area (Å²) in [6.45, 7) is 0. The van der Waals surface area contributed by atoms with Crippen LogP contribution in [0.1, 0.15) is 10.4 Å². The number of rotatable bonds is 4. The molecule has 2 aromatic rings. The average molecular weight is 290 g/mol. The van der Waals surface area contributed by atoms with E-state index >= 15 is 0 Å². The van der Waals surface area contributed by atoms with Crippen molar-refractivity contribution in [2.24, 2.45) is 5.84 Å². The number of hydrogen-bond donors (Lipinski definition) is 3. The second-order valence-corrected chi connectivity index (χ2v) is 4.71. The quantitative estimate of drug-likeness (QED) is 0.343. The molecule has 0 unspecified atom stereocenters. The number of ether oxygens (including phenoxy) is 1. The molecule has 104 valence electrons. The number of hydrazine groups is 1. The molecule has 0 saturated heterocycles. The first kappa shape index (κ1) is 14.2. The highest BCUT2D eigenvalue weighted by Crippen LogP contribution is 2.25. The Kier molecular flexibility index (Phi) is 4.44. The van der Waals surface area contributed by atoms with Gasteiger partial charge in [-0.2, -0.15) is 0 Å². The largest absolute Gasteiger partial charge is 0.439 e. The van der Waals surface area contributed by atoms with Crippen LogP contribution in [-0.2, 0) is 0 Å². The summed E-state index contributed by atoms with van der Waals surface area (Å²) in [5.41, 5.74) is 8.86. The van der Waals surface area contributed by atoms with Gasteiger partial charge in [-0.15, -0.1) is 11.8 Å². The number of thioether (sulfide) groups is 1. The highest BCUT2D eigenvalue weighted by molar-refractivity contribution is 7.98. The summed E-state index contributed by atoms with van der Waals surface area (Å²) in [6.07, 6.45) is 1.91. The van der Waals surface area contributed by atoms with Gasteiger partial charge in [0.05, 0.1) is 0 Å². The van der Waals surface area contributed by atoms with E-state index in [2.05, 4.69) is 10.4 Å². The lowest BCUT2D eigenvalue weighted by Crippen LogP contribution is -2.29. The number of nitrogens with one attached hydrogen (secondary N) is 1. The van der Waals surface area contributed by atoms with Gasteiger partial charge in [-0.3, -0.25) is 10.2 Å². The minimum Gasteiger partial charge on any atom is -0.439 e. The minimum absolute atomic E-state index is 0.358. The van der Waals surface area contributed by atoms with Gasteiger partial charge in [0.1, 0.15) is 10.8 Å². The molecular formula is C13H14N4O2S. The molecule has 0 aliphatic rings. The van der Waals surface area contributed by atoms with Crippen molar-refractivity contribution in [3.8, 4) is 11.6 Å². The molecule has 0 bridgehead atoms. The fourth-order valence-corrected chi connectivity index (χ4v) is 1.97. The number of aromatic nitrogens is 1. The fourth-order valence-electron chi connectivity index (χ4n) is 1.54. The molecule has 0 radical (unpaired) electrons. The molecule has 6 nitrogen and oxygen atoms in total. The van der Waals surface area contributed by atoms with Gasteiger partial charge in [0, 0.05) is 17.3 Å². The summed E-state index contributed by atoms with van der Waals surface area (Å²) < 4.78 is 5.60. The van der Waals surface area contributed by atoms with Crippen LogP contribution in [0.5, 0.6) is 11.6 Å². The van der Waals surface area contributed by atoms with Gasteiger partial charge < -0.3 is 10.5 Å². The molecule has 5 N–H and O–H groups in total. The van der Waals surface area contributed by atoms with E-state index < -0.39 is 0 Å². The van der Waals surface area contributed by atoms with Crippen LogP contribution in [0.4, 0.5) is 5.69 Å². The number of nitrogen functional groups attached to an aromatic ring is 2. The molecule has 0 aliphatic heterocycles. The van der Waals surface area contributed by atoms with Crippen LogP contribution in [-0.4, -0.2) is 17.1 Å². The van der Waals surface area contributed by atoms with E-state index in [1.54, 1.807) is 36.4 Å².